The smallest absolute Gasteiger partial charge is 0.239 e. The van der Waals surface area contributed by atoms with E-state index in [0.29, 0.717) is 18.7 Å². The van der Waals surface area contributed by atoms with Crippen LogP contribution in [0, 0.1) is 0 Å². The predicted molar refractivity (Wildman–Crippen MR) is 57.0 cm³/mol. The van der Waals surface area contributed by atoms with Crippen molar-refractivity contribution in [2.24, 2.45) is 0 Å². The Labute approximate surface area is 88.7 Å². The topological polar surface area (TPSA) is 96.7 Å². The van der Waals surface area contributed by atoms with E-state index >= 15 is 0 Å². The molecule has 0 aliphatic carbocycles. The number of carbonyl (C=O) groups excluding carboxylic acids is 1. The van der Waals surface area contributed by atoms with Crippen LogP contribution in [0.15, 0.2) is 0 Å². The van der Waals surface area contributed by atoms with Crippen LogP contribution in [-0.4, -0.2) is 27.6 Å². The molecule has 1 rings (SSSR count). The molecule has 6 heteroatoms. The number of H-pyrrole nitrogens is 1. The summed E-state index contributed by atoms with van der Waals surface area (Å²) in [4.78, 5) is 15.2. The molecule has 0 fully saturated rings. The van der Waals surface area contributed by atoms with E-state index in [4.69, 9.17) is 5.73 Å². The molecule has 0 saturated carbocycles. The molecule has 0 aliphatic heterocycles. The molecule has 0 spiro atoms. The molecular formula is C9H17N5O. The third kappa shape index (κ3) is 4.44. The van der Waals surface area contributed by atoms with E-state index < -0.39 is 0 Å². The van der Waals surface area contributed by atoms with Crippen molar-refractivity contribution in [2.45, 2.75) is 32.6 Å². The average molecular weight is 211 g/mol. The summed E-state index contributed by atoms with van der Waals surface area (Å²) in [6.45, 7) is 2.83. The number of unbranched alkanes of at least 4 members (excludes halogenated alkanes) is 1. The van der Waals surface area contributed by atoms with Crippen LogP contribution in [0.25, 0.3) is 0 Å². The first kappa shape index (κ1) is 11.5. The van der Waals surface area contributed by atoms with Gasteiger partial charge in [0.25, 0.3) is 0 Å². The molecule has 1 heterocycles. The molecule has 84 valence electrons. The minimum atomic E-state index is 0.0402. The van der Waals surface area contributed by atoms with Gasteiger partial charge >= 0.3 is 0 Å². The monoisotopic (exact) mass is 211 g/mol. The van der Waals surface area contributed by atoms with Crippen molar-refractivity contribution in [3.8, 4) is 0 Å². The van der Waals surface area contributed by atoms with Gasteiger partial charge in [0.05, 0.1) is 0 Å². The third-order valence-electron chi connectivity index (χ3n) is 1.99. The zero-order valence-corrected chi connectivity index (χ0v) is 8.92. The van der Waals surface area contributed by atoms with Crippen LogP contribution < -0.4 is 11.1 Å². The van der Waals surface area contributed by atoms with Crippen molar-refractivity contribution in [1.29, 1.82) is 0 Å². The van der Waals surface area contributed by atoms with Crippen molar-refractivity contribution >= 4 is 11.9 Å². The summed E-state index contributed by atoms with van der Waals surface area (Å²) >= 11 is 0. The second kappa shape index (κ2) is 6.00. The number of nitrogens with two attached hydrogens (primary N) is 1. The Morgan fingerprint density at radius 1 is 1.60 bits per heavy atom. The summed E-state index contributed by atoms with van der Waals surface area (Å²) < 4.78 is 0. The van der Waals surface area contributed by atoms with Crippen molar-refractivity contribution in [2.75, 3.05) is 12.3 Å². The van der Waals surface area contributed by atoms with Gasteiger partial charge < -0.3 is 11.1 Å². The van der Waals surface area contributed by atoms with Gasteiger partial charge in [-0.2, -0.15) is 4.98 Å². The summed E-state index contributed by atoms with van der Waals surface area (Å²) in [7, 11) is 0. The Morgan fingerprint density at radius 2 is 2.40 bits per heavy atom. The standard InChI is InChI=1S/C9H17N5O/c1-2-3-6-11-8(15)5-4-7-12-9(10)14-13-7/h2-6H2,1H3,(H,11,15)(H3,10,12,13,14). The normalized spacial score (nSPS) is 10.2. The number of nitrogen functional groups attached to an aromatic ring is 1. The number of nitrogens with zero attached hydrogens (tertiary/aromatic N) is 2. The van der Waals surface area contributed by atoms with Gasteiger partial charge in [0.2, 0.25) is 11.9 Å². The molecule has 1 aromatic rings. The first-order valence-electron chi connectivity index (χ1n) is 5.15. The zero-order chi connectivity index (χ0) is 11.1. The molecule has 0 saturated heterocycles. The number of aromatic nitrogens is 3. The molecule has 0 radical (unpaired) electrons. The number of aryl methyl sites for hydroxylation is 1. The Morgan fingerprint density at radius 3 is 3.00 bits per heavy atom. The number of aromatic amines is 1. The third-order valence-corrected chi connectivity index (χ3v) is 1.99. The fraction of sp³-hybridized carbons (Fsp3) is 0.667. The van der Waals surface area contributed by atoms with Crippen LogP contribution in [-0.2, 0) is 11.2 Å². The van der Waals surface area contributed by atoms with Gasteiger partial charge in [-0.15, -0.1) is 5.10 Å². The molecule has 6 nitrogen and oxygen atoms in total. The Balaban J connectivity index is 2.16. The molecule has 1 amide bonds. The fourth-order valence-electron chi connectivity index (χ4n) is 1.15. The van der Waals surface area contributed by atoms with Gasteiger partial charge in [0, 0.05) is 19.4 Å². The number of anilines is 1. The van der Waals surface area contributed by atoms with E-state index in [9.17, 15) is 4.79 Å². The maximum Gasteiger partial charge on any atom is 0.239 e. The molecule has 0 unspecified atom stereocenters. The van der Waals surface area contributed by atoms with Crippen LogP contribution in [0.2, 0.25) is 0 Å². The van der Waals surface area contributed by atoms with Crippen LogP contribution in [0.3, 0.4) is 0 Å². The molecule has 0 aliphatic rings. The van der Waals surface area contributed by atoms with E-state index in [-0.39, 0.29) is 11.9 Å². The summed E-state index contributed by atoms with van der Waals surface area (Å²) in [5, 5.41) is 9.17. The van der Waals surface area contributed by atoms with Crippen LogP contribution in [0.1, 0.15) is 32.0 Å². The Kier molecular flexibility index (Phi) is 4.59. The van der Waals surface area contributed by atoms with Gasteiger partial charge in [-0.1, -0.05) is 13.3 Å². The summed E-state index contributed by atoms with van der Waals surface area (Å²) in [6.07, 6.45) is 3.06. The van der Waals surface area contributed by atoms with E-state index in [0.717, 1.165) is 19.4 Å². The molecule has 0 atom stereocenters. The lowest BCUT2D eigenvalue weighted by Gasteiger charge is -2.02. The highest BCUT2D eigenvalue weighted by Crippen LogP contribution is 1.97. The molecule has 1 aromatic heterocycles. The van der Waals surface area contributed by atoms with Gasteiger partial charge in [-0.05, 0) is 6.42 Å². The predicted octanol–water partition coefficient (Wildman–Crippen LogP) is 0.236. The molecule has 4 N–H and O–H groups in total. The first-order chi connectivity index (χ1) is 7.22. The number of carbonyl (C=O) groups is 1. The maximum atomic E-state index is 11.3. The van der Waals surface area contributed by atoms with Crippen molar-refractivity contribution < 1.29 is 4.79 Å². The van der Waals surface area contributed by atoms with Crippen LogP contribution in [0.5, 0.6) is 0 Å². The lowest BCUT2D eigenvalue weighted by atomic mass is 10.2. The van der Waals surface area contributed by atoms with Gasteiger partial charge in [0.15, 0.2) is 0 Å². The number of rotatable bonds is 6. The zero-order valence-electron chi connectivity index (χ0n) is 8.92. The molecule has 0 bridgehead atoms. The van der Waals surface area contributed by atoms with Gasteiger partial charge in [-0.3, -0.25) is 9.89 Å². The van der Waals surface area contributed by atoms with E-state index in [1.165, 1.54) is 0 Å². The SMILES string of the molecule is CCCCNC(=O)CCc1nc(N)n[nH]1. The summed E-state index contributed by atoms with van der Waals surface area (Å²) in [6, 6.07) is 0. The summed E-state index contributed by atoms with van der Waals surface area (Å²) in [5.74, 6) is 0.910. The Hall–Kier alpha value is -1.59. The quantitative estimate of drug-likeness (QED) is 0.587. The largest absolute Gasteiger partial charge is 0.367 e. The number of hydrogen-bond acceptors (Lipinski definition) is 4. The molecule has 0 aromatic carbocycles. The highest BCUT2D eigenvalue weighted by atomic mass is 16.1. The highest BCUT2D eigenvalue weighted by Gasteiger charge is 2.04. The van der Waals surface area contributed by atoms with Crippen molar-refractivity contribution in [3.05, 3.63) is 5.82 Å². The van der Waals surface area contributed by atoms with Crippen LogP contribution in [0.4, 0.5) is 5.95 Å². The molecular weight excluding hydrogens is 194 g/mol. The molecule has 15 heavy (non-hydrogen) atoms. The van der Waals surface area contributed by atoms with Gasteiger partial charge in [0.1, 0.15) is 5.82 Å². The minimum absolute atomic E-state index is 0.0402. The lowest BCUT2D eigenvalue weighted by molar-refractivity contribution is -0.121. The Bertz CT molecular complexity index is 309. The second-order valence-electron chi connectivity index (χ2n) is 3.34. The van der Waals surface area contributed by atoms with Crippen molar-refractivity contribution in [1.82, 2.24) is 20.5 Å². The van der Waals surface area contributed by atoms with Gasteiger partial charge in [-0.25, -0.2) is 0 Å². The minimum Gasteiger partial charge on any atom is -0.367 e. The maximum absolute atomic E-state index is 11.3. The van der Waals surface area contributed by atoms with E-state index in [2.05, 4.69) is 27.4 Å². The highest BCUT2D eigenvalue weighted by molar-refractivity contribution is 5.75. The van der Waals surface area contributed by atoms with Crippen molar-refractivity contribution in [3.63, 3.8) is 0 Å². The summed E-state index contributed by atoms with van der Waals surface area (Å²) in [5.41, 5.74) is 5.33. The fourth-order valence-corrected chi connectivity index (χ4v) is 1.15. The second-order valence-corrected chi connectivity index (χ2v) is 3.34. The van der Waals surface area contributed by atoms with E-state index in [1.54, 1.807) is 0 Å². The first-order valence-corrected chi connectivity index (χ1v) is 5.15. The van der Waals surface area contributed by atoms with E-state index in [1.807, 2.05) is 0 Å². The van der Waals surface area contributed by atoms with Crippen LogP contribution >= 0.6 is 0 Å². The average Bonchev–Trinajstić information content (AvgIpc) is 2.62. The number of amides is 1. The number of nitrogens with one attached hydrogen (secondary N) is 2. The number of hydrogen-bond donors (Lipinski definition) is 3. The lowest BCUT2D eigenvalue weighted by Crippen LogP contribution is -2.24.